The number of halogens is 1. The van der Waals surface area contributed by atoms with Crippen molar-refractivity contribution in [2.45, 2.75) is 26.2 Å². The maximum Gasteiger partial charge on any atom is 0.269 e. The zero-order valence-corrected chi connectivity index (χ0v) is 16.8. The molecule has 31 heavy (non-hydrogen) atoms. The molecular weight excluding hydrogens is 399 g/mol. The minimum absolute atomic E-state index is 0.123. The summed E-state index contributed by atoms with van der Waals surface area (Å²) in [5.41, 5.74) is -0.437. The number of nitrogens with zero attached hydrogens (tertiary/aromatic N) is 2. The number of benzene rings is 2. The van der Waals surface area contributed by atoms with Crippen LogP contribution in [0.15, 0.2) is 70.9 Å². The van der Waals surface area contributed by atoms with Crippen molar-refractivity contribution in [2.24, 2.45) is 0 Å². The van der Waals surface area contributed by atoms with Gasteiger partial charge in [-0.25, -0.2) is 9.37 Å². The summed E-state index contributed by atoms with van der Waals surface area (Å²) in [4.78, 5) is 43.1. The van der Waals surface area contributed by atoms with Crippen LogP contribution in [0.4, 0.5) is 4.39 Å². The van der Waals surface area contributed by atoms with Crippen LogP contribution >= 0.6 is 0 Å². The molecule has 0 bridgehead atoms. The van der Waals surface area contributed by atoms with E-state index in [9.17, 15) is 23.9 Å². The monoisotopic (exact) mass is 418 g/mol. The summed E-state index contributed by atoms with van der Waals surface area (Å²) >= 11 is 0. The molecule has 0 radical (unpaired) electrons. The Balaban J connectivity index is 1.99. The van der Waals surface area contributed by atoms with Crippen molar-refractivity contribution >= 4 is 11.6 Å². The Morgan fingerprint density at radius 3 is 2.52 bits per heavy atom. The molecule has 6 nitrogen and oxygen atoms in total. The highest BCUT2D eigenvalue weighted by Crippen LogP contribution is 2.25. The van der Waals surface area contributed by atoms with Crippen LogP contribution in [0.25, 0.3) is 17.1 Å². The van der Waals surface area contributed by atoms with Gasteiger partial charge >= 0.3 is 0 Å². The van der Waals surface area contributed by atoms with Crippen LogP contribution in [0.1, 0.15) is 35.2 Å². The SMILES string of the molecule is Cc1c(F)cccc1-n1c(-c2ccccc2)ncc(C(=O)C2=C(O)CCCC2=O)c1=O. The van der Waals surface area contributed by atoms with E-state index in [-0.39, 0.29) is 46.8 Å². The molecule has 7 heteroatoms. The molecule has 1 aliphatic rings. The lowest BCUT2D eigenvalue weighted by Gasteiger charge is -2.17. The zero-order valence-electron chi connectivity index (χ0n) is 16.8. The van der Waals surface area contributed by atoms with E-state index in [4.69, 9.17) is 0 Å². The molecule has 1 N–H and O–H groups in total. The van der Waals surface area contributed by atoms with Crippen LogP contribution in [0.2, 0.25) is 0 Å². The van der Waals surface area contributed by atoms with Gasteiger partial charge in [0.15, 0.2) is 5.78 Å². The van der Waals surface area contributed by atoms with Gasteiger partial charge in [0.05, 0.1) is 5.69 Å². The predicted molar refractivity (Wildman–Crippen MR) is 113 cm³/mol. The molecular formula is C24H19FN2O4. The van der Waals surface area contributed by atoms with Gasteiger partial charge in [-0.05, 0) is 25.5 Å². The summed E-state index contributed by atoms with van der Waals surface area (Å²) in [6.07, 6.45) is 1.87. The Labute approximate surface area is 177 Å². The topological polar surface area (TPSA) is 89.3 Å². The lowest BCUT2D eigenvalue weighted by atomic mass is 9.91. The molecule has 0 amide bonds. The van der Waals surface area contributed by atoms with E-state index in [1.54, 1.807) is 36.4 Å². The molecule has 0 saturated heterocycles. The number of hydrogen-bond acceptors (Lipinski definition) is 5. The number of aliphatic hydroxyl groups excluding tert-OH is 1. The van der Waals surface area contributed by atoms with Crippen LogP contribution < -0.4 is 5.56 Å². The summed E-state index contributed by atoms with van der Waals surface area (Å²) in [5.74, 6) is -1.98. The van der Waals surface area contributed by atoms with E-state index in [2.05, 4.69) is 4.98 Å². The fourth-order valence-electron chi connectivity index (χ4n) is 3.68. The lowest BCUT2D eigenvalue weighted by Crippen LogP contribution is -2.31. The molecule has 156 valence electrons. The molecule has 1 aromatic heterocycles. The van der Waals surface area contributed by atoms with Gasteiger partial charge in [-0.1, -0.05) is 36.4 Å². The Bertz CT molecular complexity index is 1290. The van der Waals surface area contributed by atoms with Crippen molar-refractivity contribution in [2.75, 3.05) is 0 Å². The molecule has 1 aliphatic carbocycles. The van der Waals surface area contributed by atoms with Gasteiger partial charge in [-0.2, -0.15) is 0 Å². The Kier molecular flexibility index (Phi) is 5.33. The Morgan fingerprint density at radius 2 is 1.81 bits per heavy atom. The normalized spacial score (nSPS) is 14.1. The van der Waals surface area contributed by atoms with Gasteiger partial charge in [-0.3, -0.25) is 19.0 Å². The van der Waals surface area contributed by atoms with Crippen molar-refractivity contribution in [1.82, 2.24) is 9.55 Å². The van der Waals surface area contributed by atoms with E-state index in [1.807, 2.05) is 0 Å². The van der Waals surface area contributed by atoms with Gasteiger partial charge in [0.25, 0.3) is 5.56 Å². The van der Waals surface area contributed by atoms with Gasteiger partial charge in [0.2, 0.25) is 5.78 Å². The second kappa shape index (κ2) is 8.10. The Morgan fingerprint density at radius 1 is 1.06 bits per heavy atom. The number of rotatable bonds is 4. The van der Waals surface area contributed by atoms with Crippen molar-refractivity contribution in [3.63, 3.8) is 0 Å². The second-order valence-corrected chi connectivity index (χ2v) is 7.31. The van der Waals surface area contributed by atoms with E-state index < -0.39 is 22.9 Å². The molecule has 0 unspecified atom stereocenters. The first kappa shape index (κ1) is 20.4. The highest BCUT2D eigenvalue weighted by Gasteiger charge is 2.30. The van der Waals surface area contributed by atoms with Gasteiger partial charge < -0.3 is 5.11 Å². The largest absolute Gasteiger partial charge is 0.511 e. The maximum absolute atomic E-state index is 14.3. The number of ketones is 2. The fraction of sp³-hybridized carbons (Fsp3) is 0.167. The summed E-state index contributed by atoms with van der Waals surface area (Å²) in [7, 11) is 0. The number of allylic oxidation sites excluding steroid dienone is 2. The molecule has 0 spiro atoms. The zero-order chi connectivity index (χ0) is 22.1. The minimum atomic E-state index is -0.873. The van der Waals surface area contributed by atoms with Gasteiger partial charge in [0.1, 0.15) is 28.5 Å². The number of carbonyl (C=O) groups is 2. The third kappa shape index (κ3) is 3.59. The van der Waals surface area contributed by atoms with E-state index in [1.165, 1.54) is 23.6 Å². The number of aromatic nitrogens is 2. The third-order valence-electron chi connectivity index (χ3n) is 5.33. The van der Waals surface area contributed by atoms with Gasteiger partial charge in [0, 0.05) is 30.2 Å². The number of Topliss-reactive ketones (excluding diaryl/α,β-unsaturated/α-hetero) is 2. The molecule has 1 heterocycles. The molecule has 3 aromatic rings. The van der Waals surface area contributed by atoms with E-state index in [0.717, 1.165) is 6.20 Å². The summed E-state index contributed by atoms with van der Waals surface area (Å²) in [5, 5.41) is 10.1. The number of aliphatic hydroxyl groups is 1. The van der Waals surface area contributed by atoms with Crippen molar-refractivity contribution in [3.8, 4) is 17.1 Å². The predicted octanol–water partition coefficient (Wildman–Crippen LogP) is 4.09. The van der Waals surface area contributed by atoms with Crippen LogP contribution in [0, 0.1) is 12.7 Å². The van der Waals surface area contributed by atoms with E-state index >= 15 is 0 Å². The smallest absolute Gasteiger partial charge is 0.269 e. The minimum Gasteiger partial charge on any atom is -0.511 e. The van der Waals surface area contributed by atoms with Crippen LogP contribution in [0.3, 0.4) is 0 Å². The summed E-state index contributed by atoms with van der Waals surface area (Å²) in [6.45, 7) is 1.53. The first-order valence-electron chi connectivity index (χ1n) is 9.83. The number of hydrogen-bond donors (Lipinski definition) is 1. The molecule has 0 aliphatic heterocycles. The first-order chi connectivity index (χ1) is 14.9. The highest BCUT2D eigenvalue weighted by molar-refractivity contribution is 6.26. The average molecular weight is 418 g/mol. The second-order valence-electron chi connectivity index (χ2n) is 7.31. The van der Waals surface area contributed by atoms with E-state index in [0.29, 0.717) is 12.0 Å². The molecule has 0 saturated carbocycles. The fourth-order valence-corrected chi connectivity index (χ4v) is 3.68. The quantitative estimate of drug-likeness (QED) is 0.509. The van der Waals surface area contributed by atoms with Crippen LogP contribution in [-0.4, -0.2) is 26.2 Å². The van der Waals surface area contributed by atoms with Crippen LogP contribution in [-0.2, 0) is 4.79 Å². The molecule has 2 aromatic carbocycles. The maximum atomic E-state index is 14.3. The molecule has 4 rings (SSSR count). The van der Waals surface area contributed by atoms with Crippen LogP contribution in [0.5, 0.6) is 0 Å². The Hall–Kier alpha value is -3.87. The molecule has 0 fully saturated rings. The molecule has 0 atom stereocenters. The van der Waals surface area contributed by atoms with Crippen molar-refractivity contribution < 1.29 is 19.1 Å². The van der Waals surface area contributed by atoms with Crippen molar-refractivity contribution in [3.05, 3.63) is 93.4 Å². The third-order valence-corrected chi connectivity index (χ3v) is 5.33. The standard InChI is InChI=1S/C24H19FN2O4/c1-14-17(25)9-5-10-18(14)27-23(15-7-3-2-4-8-15)26-13-16(24(27)31)22(30)21-19(28)11-6-12-20(21)29/h2-5,7-10,13,28H,6,11-12H2,1H3. The summed E-state index contributed by atoms with van der Waals surface area (Å²) in [6, 6.07) is 13.1. The van der Waals surface area contributed by atoms with Gasteiger partial charge in [-0.15, -0.1) is 0 Å². The summed E-state index contributed by atoms with van der Waals surface area (Å²) < 4.78 is 15.5. The van der Waals surface area contributed by atoms with Crippen molar-refractivity contribution in [1.29, 1.82) is 0 Å². The first-order valence-corrected chi connectivity index (χ1v) is 9.83. The number of carbonyl (C=O) groups excluding carboxylic acids is 2. The highest BCUT2D eigenvalue weighted by atomic mass is 19.1. The lowest BCUT2D eigenvalue weighted by molar-refractivity contribution is -0.116. The average Bonchev–Trinajstić information content (AvgIpc) is 2.76.